The average Bonchev–Trinajstić information content (AvgIpc) is 2.42. The van der Waals surface area contributed by atoms with Gasteiger partial charge in [-0.2, -0.15) is 0 Å². The van der Waals surface area contributed by atoms with E-state index in [4.69, 9.17) is 22.2 Å². The average molecular weight is 293 g/mol. The fourth-order valence-electron chi connectivity index (χ4n) is 2.08. The van der Waals surface area contributed by atoms with E-state index in [1.165, 1.54) is 6.33 Å². The molecular formula is C14H17ClN4O. The standard InChI is InChI=1S/C14H17ClN4O/c1-4-11-13(19-16)17-7-18-14(11)20-12-8(2)5-10(15)6-9(12)3/h5-7H,4,16H2,1-3H3,(H,17,18,19). The van der Waals surface area contributed by atoms with Crippen LogP contribution in [0.1, 0.15) is 23.6 Å². The van der Waals surface area contributed by atoms with Gasteiger partial charge in [-0.1, -0.05) is 18.5 Å². The summed E-state index contributed by atoms with van der Waals surface area (Å²) in [5.74, 6) is 7.28. The van der Waals surface area contributed by atoms with Gasteiger partial charge in [0, 0.05) is 5.02 Å². The van der Waals surface area contributed by atoms with Crippen molar-refractivity contribution in [3.8, 4) is 11.6 Å². The zero-order valence-corrected chi connectivity index (χ0v) is 12.5. The zero-order chi connectivity index (χ0) is 14.7. The summed E-state index contributed by atoms with van der Waals surface area (Å²) in [5.41, 5.74) is 5.31. The molecule has 0 aliphatic heterocycles. The number of anilines is 1. The number of rotatable bonds is 4. The molecule has 0 spiro atoms. The summed E-state index contributed by atoms with van der Waals surface area (Å²) in [6.45, 7) is 5.89. The van der Waals surface area contributed by atoms with Crippen LogP contribution in [0.4, 0.5) is 5.82 Å². The van der Waals surface area contributed by atoms with E-state index in [1.54, 1.807) is 0 Å². The molecule has 0 aliphatic rings. The summed E-state index contributed by atoms with van der Waals surface area (Å²) in [5, 5.41) is 0.690. The van der Waals surface area contributed by atoms with E-state index in [2.05, 4.69) is 15.4 Å². The van der Waals surface area contributed by atoms with Crippen molar-refractivity contribution in [2.24, 2.45) is 5.84 Å². The van der Waals surface area contributed by atoms with Crippen LogP contribution >= 0.6 is 11.6 Å². The Hall–Kier alpha value is -1.85. The molecule has 2 aromatic rings. The van der Waals surface area contributed by atoms with Crippen LogP contribution in [-0.2, 0) is 6.42 Å². The molecule has 0 saturated carbocycles. The van der Waals surface area contributed by atoms with Crippen molar-refractivity contribution in [3.63, 3.8) is 0 Å². The number of nitrogens with zero attached hydrogens (tertiary/aromatic N) is 2. The van der Waals surface area contributed by atoms with E-state index in [0.29, 0.717) is 23.1 Å². The highest BCUT2D eigenvalue weighted by Gasteiger charge is 2.14. The number of hydrogen-bond acceptors (Lipinski definition) is 5. The minimum Gasteiger partial charge on any atom is -0.438 e. The molecule has 1 aromatic carbocycles. The highest BCUT2D eigenvalue weighted by molar-refractivity contribution is 6.30. The molecule has 3 N–H and O–H groups in total. The second-order valence-corrected chi connectivity index (χ2v) is 4.91. The van der Waals surface area contributed by atoms with Gasteiger partial charge in [0.15, 0.2) is 0 Å². The van der Waals surface area contributed by atoms with Crippen LogP contribution in [0.15, 0.2) is 18.5 Å². The van der Waals surface area contributed by atoms with E-state index in [-0.39, 0.29) is 0 Å². The summed E-state index contributed by atoms with van der Waals surface area (Å²) in [7, 11) is 0. The number of aromatic nitrogens is 2. The van der Waals surface area contributed by atoms with Gasteiger partial charge in [-0.3, -0.25) is 0 Å². The van der Waals surface area contributed by atoms with Gasteiger partial charge in [0.05, 0.1) is 5.56 Å². The topological polar surface area (TPSA) is 73.1 Å². The number of nitrogens with one attached hydrogen (secondary N) is 1. The Balaban J connectivity index is 2.45. The molecule has 0 unspecified atom stereocenters. The number of hydrazine groups is 1. The maximum absolute atomic E-state index is 6.02. The summed E-state index contributed by atoms with van der Waals surface area (Å²) in [6.07, 6.45) is 2.13. The van der Waals surface area contributed by atoms with Crippen molar-refractivity contribution < 1.29 is 4.74 Å². The molecule has 0 radical (unpaired) electrons. The molecular weight excluding hydrogens is 276 g/mol. The minimum absolute atomic E-state index is 0.504. The van der Waals surface area contributed by atoms with E-state index >= 15 is 0 Å². The van der Waals surface area contributed by atoms with Crippen molar-refractivity contribution >= 4 is 17.4 Å². The lowest BCUT2D eigenvalue weighted by molar-refractivity contribution is 0.449. The summed E-state index contributed by atoms with van der Waals surface area (Å²) < 4.78 is 5.95. The van der Waals surface area contributed by atoms with Gasteiger partial charge in [-0.25, -0.2) is 15.8 Å². The SMILES string of the molecule is CCc1c(NN)ncnc1Oc1c(C)cc(Cl)cc1C. The number of nitrogen functional groups attached to an aromatic ring is 1. The molecule has 2 rings (SSSR count). The maximum atomic E-state index is 6.02. The van der Waals surface area contributed by atoms with Crippen LogP contribution in [0.3, 0.4) is 0 Å². The predicted octanol–water partition coefficient (Wildman–Crippen LogP) is 3.39. The Morgan fingerprint density at radius 1 is 1.25 bits per heavy atom. The zero-order valence-electron chi connectivity index (χ0n) is 11.7. The van der Waals surface area contributed by atoms with Crippen LogP contribution in [0.5, 0.6) is 11.6 Å². The first-order valence-corrected chi connectivity index (χ1v) is 6.69. The van der Waals surface area contributed by atoms with Crippen molar-refractivity contribution in [3.05, 3.63) is 40.2 Å². The van der Waals surface area contributed by atoms with Crippen LogP contribution < -0.4 is 16.0 Å². The lowest BCUT2D eigenvalue weighted by Crippen LogP contribution is -2.12. The summed E-state index contributed by atoms with van der Waals surface area (Å²) in [6, 6.07) is 3.72. The molecule has 0 amide bonds. The Kier molecular flexibility index (Phi) is 4.42. The minimum atomic E-state index is 0.504. The smallest absolute Gasteiger partial charge is 0.227 e. The second kappa shape index (κ2) is 6.07. The third-order valence-electron chi connectivity index (χ3n) is 3.02. The van der Waals surface area contributed by atoms with E-state index < -0.39 is 0 Å². The first kappa shape index (κ1) is 14.6. The van der Waals surface area contributed by atoms with Crippen molar-refractivity contribution in [2.45, 2.75) is 27.2 Å². The quantitative estimate of drug-likeness (QED) is 0.667. The normalized spacial score (nSPS) is 10.4. The largest absolute Gasteiger partial charge is 0.438 e. The monoisotopic (exact) mass is 292 g/mol. The fraction of sp³-hybridized carbons (Fsp3) is 0.286. The molecule has 6 heteroatoms. The highest BCUT2D eigenvalue weighted by Crippen LogP contribution is 2.33. The van der Waals surface area contributed by atoms with E-state index in [1.807, 2.05) is 32.9 Å². The van der Waals surface area contributed by atoms with Gasteiger partial charge in [0.2, 0.25) is 5.88 Å². The molecule has 0 aliphatic carbocycles. The molecule has 5 nitrogen and oxygen atoms in total. The van der Waals surface area contributed by atoms with Gasteiger partial charge >= 0.3 is 0 Å². The number of hydrogen-bond donors (Lipinski definition) is 2. The third kappa shape index (κ3) is 2.84. The fourth-order valence-corrected chi connectivity index (χ4v) is 2.41. The van der Waals surface area contributed by atoms with E-state index in [9.17, 15) is 0 Å². The van der Waals surface area contributed by atoms with Gasteiger partial charge in [0.1, 0.15) is 17.9 Å². The van der Waals surface area contributed by atoms with E-state index in [0.717, 1.165) is 22.4 Å². The maximum Gasteiger partial charge on any atom is 0.227 e. The van der Waals surface area contributed by atoms with Crippen molar-refractivity contribution in [2.75, 3.05) is 5.43 Å². The first-order chi connectivity index (χ1) is 9.56. The number of nitrogens with two attached hydrogens (primary N) is 1. The molecule has 1 heterocycles. The van der Waals surface area contributed by atoms with Gasteiger partial charge in [0.25, 0.3) is 0 Å². The summed E-state index contributed by atoms with van der Waals surface area (Å²) in [4.78, 5) is 8.28. The van der Waals surface area contributed by atoms with Gasteiger partial charge in [-0.15, -0.1) is 0 Å². The molecule has 0 saturated heterocycles. The molecule has 20 heavy (non-hydrogen) atoms. The van der Waals surface area contributed by atoms with Gasteiger partial charge in [-0.05, 0) is 43.5 Å². The molecule has 106 valence electrons. The van der Waals surface area contributed by atoms with Crippen molar-refractivity contribution in [1.29, 1.82) is 0 Å². The molecule has 0 bridgehead atoms. The Morgan fingerprint density at radius 2 is 1.90 bits per heavy atom. The summed E-state index contributed by atoms with van der Waals surface area (Å²) >= 11 is 6.02. The molecule has 0 atom stereocenters. The van der Waals surface area contributed by atoms with Crippen LogP contribution in [0.25, 0.3) is 0 Å². The van der Waals surface area contributed by atoms with Crippen LogP contribution in [0.2, 0.25) is 5.02 Å². The van der Waals surface area contributed by atoms with Crippen LogP contribution in [0, 0.1) is 13.8 Å². The number of benzene rings is 1. The Morgan fingerprint density at radius 3 is 2.45 bits per heavy atom. The Labute approximate surface area is 123 Å². The van der Waals surface area contributed by atoms with Gasteiger partial charge < -0.3 is 10.2 Å². The predicted molar refractivity (Wildman–Crippen MR) is 80.2 cm³/mol. The van der Waals surface area contributed by atoms with Crippen molar-refractivity contribution in [1.82, 2.24) is 9.97 Å². The number of aryl methyl sites for hydroxylation is 2. The highest BCUT2D eigenvalue weighted by atomic mass is 35.5. The lowest BCUT2D eigenvalue weighted by atomic mass is 10.1. The first-order valence-electron chi connectivity index (χ1n) is 6.31. The third-order valence-corrected chi connectivity index (χ3v) is 3.24. The second-order valence-electron chi connectivity index (χ2n) is 4.47. The number of halogens is 1. The molecule has 0 fully saturated rings. The van der Waals surface area contributed by atoms with Crippen LogP contribution in [-0.4, -0.2) is 9.97 Å². The number of ether oxygens (including phenoxy) is 1. The Bertz CT molecular complexity index is 608. The molecule has 1 aromatic heterocycles. The lowest BCUT2D eigenvalue weighted by Gasteiger charge is -2.15.